The van der Waals surface area contributed by atoms with E-state index in [9.17, 15) is 4.79 Å². The highest BCUT2D eigenvalue weighted by atomic mass is 32.2. The smallest absolute Gasteiger partial charge is 0.427 e. The summed E-state index contributed by atoms with van der Waals surface area (Å²) in [7, 11) is 0. The molecule has 0 aliphatic heterocycles. The summed E-state index contributed by atoms with van der Waals surface area (Å²) >= 11 is 8.18. The summed E-state index contributed by atoms with van der Waals surface area (Å²) in [5.74, 6) is 0. The third-order valence-electron chi connectivity index (χ3n) is 0.518. The van der Waals surface area contributed by atoms with E-state index in [2.05, 4.69) is 30.6 Å². The SMILES string of the molecule is O=C(O)N(S)S.c1cscn1. The fourth-order valence-electron chi connectivity index (χ4n) is 0.176. The molecular formula is C4H6N2O2S3. The molecule has 1 aromatic heterocycles. The highest BCUT2D eigenvalue weighted by Crippen LogP contribution is 1.94. The first-order valence-electron chi connectivity index (χ1n) is 2.37. The van der Waals surface area contributed by atoms with Crippen LogP contribution in [-0.2, 0) is 0 Å². The molecular weight excluding hydrogens is 204 g/mol. The normalized spacial score (nSPS) is 7.82. The quantitative estimate of drug-likeness (QED) is 0.572. The van der Waals surface area contributed by atoms with Gasteiger partial charge in [-0.2, -0.15) is 3.71 Å². The van der Waals surface area contributed by atoms with Gasteiger partial charge in [-0.15, -0.1) is 11.3 Å². The molecule has 1 rings (SSSR count). The Hall–Kier alpha value is -0.400. The minimum Gasteiger partial charge on any atom is -0.464 e. The molecule has 0 saturated heterocycles. The van der Waals surface area contributed by atoms with Gasteiger partial charge in [-0.1, -0.05) is 0 Å². The molecule has 11 heavy (non-hydrogen) atoms. The third kappa shape index (κ3) is 7.50. The summed E-state index contributed by atoms with van der Waals surface area (Å²) in [5.41, 5.74) is 1.79. The van der Waals surface area contributed by atoms with Gasteiger partial charge >= 0.3 is 6.09 Å². The van der Waals surface area contributed by atoms with E-state index >= 15 is 0 Å². The lowest BCUT2D eigenvalue weighted by Gasteiger charge is -1.95. The Balaban J connectivity index is 0.000000183. The summed E-state index contributed by atoms with van der Waals surface area (Å²) in [6.07, 6.45) is 0.590. The lowest BCUT2D eigenvalue weighted by atomic mass is 11.0. The van der Waals surface area contributed by atoms with Gasteiger partial charge in [0, 0.05) is 11.6 Å². The minimum atomic E-state index is -1.18. The van der Waals surface area contributed by atoms with Crippen molar-refractivity contribution in [2.75, 3.05) is 0 Å². The first-order chi connectivity index (χ1) is 5.14. The van der Waals surface area contributed by atoms with Crippen molar-refractivity contribution in [2.24, 2.45) is 0 Å². The van der Waals surface area contributed by atoms with Crippen LogP contribution in [0.5, 0.6) is 0 Å². The number of carboxylic acid groups (broad SMARTS) is 1. The molecule has 0 spiro atoms. The Kier molecular flexibility index (Phi) is 6.09. The lowest BCUT2D eigenvalue weighted by Crippen LogP contribution is -2.05. The Labute approximate surface area is 79.0 Å². The average Bonchev–Trinajstić information content (AvgIpc) is 2.41. The van der Waals surface area contributed by atoms with Crippen molar-refractivity contribution in [3.05, 3.63) is 17.1 Å². The van der Waals surface area contributed by atoms with Crippen molar-refractivity contribution in [3.63, 3.8) is 0 Å². The second-order valence-corrected chi connectivity index (χ2v) is 3.12. The fraction of sp³-hybridized carbons (Fsp3) is 0. The molecule has 1 aromatic rings. The predicted octanol–water partition coefficient (Wildman–Crippen LogP) is 1.80. The molecule has 0 aliphatic rings. The molecule has 0 aromatic carbocycles. The Morgan fingerprint density at radius 2 is 2.18 bits per heavy atom. The molecule has 7 heteroatoms. The van der Waals surface area contributed by atoms with E-state index in [0.29, 0.717) is 3.71 Å². The lowest BCUT2D eigenvalue weighted by molar-refractivity contribution is 0.191. The zero-order chi connectivity index (χ0) is 8.69. The second-order valence-electron chi connectivity index (χ2n) is 1.25. The van der Waals surface area contributed by atoms with Gasteiger partial charge in [0.1, 0.15) is 0 Å². The van der Waals surface area contributed by atoms with E-state index in [1.165, 1.54) is 0 Å². The van der Waals surface area contributed by atoms with Gasteiger partial charge in [-0.3, -0.25) is 4.98 Å². The molecule has 1 amide bonds. The maximum atomic E-state index is 9.47. The zero-order valence-corrected chi connectivity index (χ0v) is 7.89. The molecule has 0 saturated carbocycles. The van der Waals surface area contributed by atoms with Crippen LogP contribution in [0.3, 0.4) is 0 Å². The van der Waals surface area contributed by atoms with E-state index in [-0.39, 0.29) is 0 Å². The molecule has 62 valence electrons. The van der Waals surface area contributed by atoms with Gasteiger partial charge in [-0.05, 0) is 25.6 Å². The molecule has 0 unspecified atom stereocenters. The van der Waals surface area contributed by atoms with Crippen molar-refractivity contribution in [3.8, 4) is 0 Å². The van der Waals surface area contributed by atoms with Crippen LogP contribution in [0.15, 0.2) is 17.1 Å². The van der Waals surface area contributed by atoms with Crippen LogP contribution in [0, 0.1) is 0 Å². The van der Waals surface area contributed by atoms with Crippen LogP contribution in [0.25, 0.3) is 0 Å². The van der Waals surface area contributed by atoms with Crippen LogP contribution in [0.4, 0.5) is 4.79 Å². The number of hydrogen-bond donors (Lipinski definition) is 3. The van der Waals surface area contributed by atoms with Crippen LogP contribution >= 0.6 is 37.0 Å². The second kappa shape index (κ2) is 6.32. The minimum absolute atomic E-state index is 0.472. The fourth-order valence-corrected chi connectivity index (χ4v) is 0.527. The van der Waals surface area contributed by atoms with Crippen LogP contribution < -0.4 is 0 Å². The van der Waals surface area contributed by atoms with Gasteiger partial charge in [0.25, 0.3) is 0 Å². The van der Waals surface area contributed by atoms with Crippen molar-refractivity contribution in [1.82, 2.24) is 8.69 Å². The third-order valence-corrected chi connectivity index (χ3v) is 1.38. The number of rotatable bonds is 0. The number of thiol groups is 2. The number of carbonyl (C=O) groups is 1. The van der Waals surface area contributed by atoms with Crippen LogP contribution in [0.2, 0.25) is 0 Å². The Morgan fingerprint density at radius 1 is 1.64 bits per heavy atom. The van der Waals surface area contributed by atoms with Gasteiger partial charge in [0.05, 0.1) is 5.51 Å². The molecule has 4 nitrogen and oxygen atoms in total. The molecule has 0 bridgehead atoms. The van der Waals surface area contributed by atoms with E-state index < -0.39 is 6.09 Å². The molecule has 0 radical (unpaired) electrons. The Morgan fingerprint density at radius 3 is 2.27 bits per heavy atom. The number of nitrogens with zero attached hydrogens (tertiary/aromatic N) is 2. The predicted molar refractivity (Wildman–Crippen MR) is 49.9 cm³/mol. The zero-order valence-electron chi connectivity index (χ0n) is 5.28. The van der Waals surface area contributed by atoms with Gasteiger partial charge in [0.2, 0.25) is 0 Å². The van der Waals surface area contributed by atoms with Crippen molar-refractivity contribution in [1.29, 1.82) is 0 Å². The highest BCUT2D eigenvalue weighted by molar-refractivity contribution is 7.94. The summed E-state index contributed by atoms with van der Waals surface area (Å²) in [6, 6.07) is 0. The van der Waals surface area contributed by atoms with Crippen molar-refractivity contribution < 1.29 is 9.90 Å². The summed E-state index contributed by atoms with van der Waals surface area (Å²) in [6.45, 7) is 0. The van der Waals surface area contributed by atoms with Crippen LogP contribution in [0.1, 0.15) is 0 Å². The van der Waals surface area contributed by atoms with E-state index in [1.807, 2.05) is 5.38 Å². The standard InChI is InChI=1S/C3H3NS.CH3NO2S2/c1-2-5-3-4-1;3-1(4)2(5)6/h1-3H;5-6H,(H,3,4). The van der Waals surface area contributed by atoms with Crippen molar-refractivity contribution >= 4 is 43.1 Å². The maximum Gasteiger partial charge on any atom is 0.427 e. The Bertz CT molecular complexity index is 172. The molecule has 1 heterocycles. The number of thiazole rings is 1. The van der Waals surface area contributed by atoms with E-state index in [0.717, 1.165) is 0 Å². The van der Waals surface area contributed by atoms with Gasteiger partial charge < -0.3 is 5.11 Å². The van der Waals surface area contributed by atoms with Crippen molar-refractivity contribution in [2.45, 2.75) is 0 Å². The van der Waals surface area contributed by atoms with E-state index in [4.69, 9.17) is 5.11 Å². The first-order valence-corrected chi connectivity index (χ1v) is 4.12. The number of aromatic nitrogens is 1. The summed E-state index contributed by atoms with van der Waals surface area (Å²) in [5, 5.41) is 9.69. The largest absolute Gasteiger partial charge is 0.464 e. The van der Waals surface area contributed by atoms with Crippen LogP contribution in [-0.4, -0.2) is 19.9 Å². The van der Waals surface area contributed by atoms with Gasteiger partial charge in [0.15, 0.2) is 0 Å². The van der Waals surface area contributed by atoms with E-state index in [1.54, 1.807) is 23.0 Å². The summed E-state index contributed by atoms with van der Waals surface area (Å²) in [4.78, 5) is 13.2. The topological polar surface area (TPSA) is 53.4 Å². The maximum absolute atomic E-state index is 9.47. The number of hydrogen-bond acceptors (Lipinski definition) is 5. The molecule has 1 N–H and O–H groups in total. The molecule has 0 fully saturated rings. The van der Waals surface area contributed by atoms with Gasteiger partial charge in [-0.25, -0.2) is 4.79 Å². The monoisotopic (exact) mass is 210 g/mol. The average molecular weight is 210 g/mol. The highest BCUT2D eigenvalue weighted by Gasteiger charge is 1.95. The number of amides is 1. The molecule has 0 atom stereocenters. The summed E-state index contributed by atoms with van der Waals surface area (Å²) < 4.78 is 0.472. The first kappa shape index (κ1) is 10.6. The molecule has 0 aliphatic carbocycles.